The van der Waals surface area contributed by atoms with Crippen molar-refractivity contribution in [3.05, 3.63) is 41.5 Å². The van der Waals surface area contributed by atoms with Crippen molar-refractivity contribution in [2.45, 2.75) is 26.9 Å². The second kappa shape index (κ2) is 4.59. The first-order chi connectivity index (χ1) is 8.09. The molecule has 2 heterocycles. The van der Waals surface area contributed by atoms with Crippen molar-refractivity contribution in [3.8, 4) is 11.4 Å². The molecule has 1 N–H and O–H groups in total. The van der Waals surface area contributed by atoms with Crippen molar-refractivity contribution in [2.24, 2.45) is 0 Å². The van der Waals surface area contributed by atoms with Crippen molar-refractivity contribution in [3.63, 3.8) is 0 Å². The molecule has 4 nitrogen and oxygen atoms in total. The Morgan fingerprint density at radius 1 is 1.24 bits per heavy atom. The highest BCUT2D eigenvalue weighted by Crippen LogP contribution is 2.21. The minimum atomic E-state index is -0.539. The third kappa shape index (κ3) is 2.31. The van der Waals surface area contributed by atoms with Crippen LogP contribution < -0.4 is 0 Å². The standard InChI is InChI=1S/C13H15N3O/c1-8-6-14-5-4-11(8)13-15-7-12(10(3)17)9(2)16-13/h4-7,10,17H,1-3H3/t10-/m1/s1. The Kier molecular flexibility index (Phi) is 3.15. The summed E-state index contributed by atoms with van der Waals surface area (Å²) >= 11 is 0. The average molecular weight is 229 g/mol. The van der Waals surface area contributed by atoms with E-state index in [1.54, 1.807) is 25.5 Å². The van der Waals surface area contributed by atoms with Gasteiger partial charge < -0.3 is 5.11 Å². The van der Waals surface area contributed by atoms with Gasteiger partial charge in [0.05, 0.1) is 6.10 Å². The first-order valence-electron chi connectivity index (χ1n) is 5.52. The molecule has 0 fully saturated rings. The molecule has 0 radical (unpaired) electrons. The number of hydrogen-bond donors (Lipinski definition) is 1. The van der Waals surface area contributed by atoms with Gasteiger partial charge in [0.2, 0.25) is 0 Å². The highest BCUT2D eigenvalue weighted by Gasteiger charge is 2.10. The van der Waals surface area contributed by atoms with Crippen LogP contribution in [0, 0.1) is 13.8 Å². The monoisotopic (exact) mass is 229 g/mol. The van der Waals surface area contributed by atoms with E-state index in [1.807, 2.05) is 19.9 Å². The van der Waals surface area contributed by atoms with Crippen molar-refractivity contribution in [1.29, 1.82) is 0 Å². The lowest BCUT2D eigenvalue weighted by atomic mass is 10.1. The van der Waals surface area contributed by atoms with E-state index in [1.165, 1.54) is 0 Å². The predicted molar refractivity (Wildman–Crippen MR) is 65.4 cm³/mol. The molecule has 17 heavy (non-hydrogen) atoms. The highest BCUT2D eigenvalue weighted by molar-refractivity contribution is 5.58. The maximum atomic E-state index is 9.53. The van der Waals surface area contributed by atoms with Crippen LogP contribution in [0.2, 0.25) is 0 Å². The number of nitrogens with zero attached hydrogens (tertiary/aromatic N) is 3. The summed E-state index contributed by atoms with van der Waals surface area (Å²) in [7, 11) is 0. The molecular weight excluding hydrogens is 214 g/mol. The number of aromatic nitrogens is 3. The Hall–Kier alpha value is -1.81. The lowest BCUT2D eigenvalue weighted by Crippen LogP contribution is -2.01. The molecular formula is C13H15N3O. The number of hydrogen-bond acceptors (Lipinski definition) is 4. The minimum Gasteiger partial charge on any atom is -0.389 e. The van der Waals surface area contributed by atoms with Crippen LogP contribution in [-0.4, -0.2) is 20.1 Å². The summed E-state index contributed by atoms with van der Waals surface area (Å²) in [4.78, 5) is 12.8. The zero-order valence-corrected chi connectivity index (χ0v) is 10.2. The third-order valence-electron chi connectivity index (χ3n) is 2.73. The maximum absolute atomic E-state index is 9.53. The Balaban J connectivity index is 2.49. The molecule has 0 amide bonds. The Bertz CT molecular complexity index is 538. The lowest BCUT2D eigenvalue weighted by molar-refractivity contribution is 0.197. The zero-order chi connectivity index (χ0) is 12.4. The van der Waals surface area contributed by atoms with Crippen LogP contribution >= 0.6 is 0 Å². The van der Waals surface area contributed by atoms with E-state index in [0.717, 1.165) is 22.4 Å². The molecule has 0 bridgehead atoms. The van der Waals surface area contributed by atoms with Gasteiger partial charge in [-0.3, -0.25) is 4.98 Å². The van der Waals surface area contributed by atoms with E-state index in [0.29, 0.717) is 5.82 Å². The van der Waals surface area contributed by atoms with Crippen LogP contribution in [0.3, 0.4) is 0 Å². The van der Waals surface area contributed by atoms with Crippen LogP contribution in [0.15, 0.2) is 24.7 Å². The molecule has 1 atom stereocenters. The fraction of sp³-hybridized carbons (Fsp3) is 0.308. The van der Waals surface area contributed by atoms with Crippen molar-refractivity contribution in [2.75, 3.05) is 0 Å². The van der Waals surface area contributed by atoms with E-state index in [4.69, 9.17) is 0 Å². The van der Waals surface area contributed by atoms with Gasteiger partial charge in [-0.1, -0.05) is 0 Å². The Morgan fingerprint density at radius 2 is 2.00 bits per heavy atom. The smallest absolute Gasteiger partial charge is 0.159 e. The van der Waals surface area contributed by atoms with Gasteiger partial charge in [-0.25, -0.2) is 9.97 Å². The fourth-order valence-corrected chi connectivity index (χ4v) is 1.74. The second-order valence-electron chi connectivity index (χ2n) is 4.10. The van der Waals surface area contributed by atoms with Crippen LogP contribution in [-0.2, 0) is 0 Å². The van der Waals surface area contributed by atoms with Gasteiger partial charge in [-0.2, -0.15) is 0 Å². The normalized spacial score (nSPS) is 12.5. The summed E-state index contributed by atoms with van der Waals surface area (Å²) in [6, 6.07) is 1.89. The van der Waals surface area contributed by atoms with Gasteiger partial charge in [-0.15, -0.1) is 0 Å². The third-order valence-corrected chi connectivity index (χ3v) is 2.73. The van der Waals surface area contributed by atoms with Gasteiger partial charge in [-0.05, 0) is 32.4 Å². The molecule has 0 saturated carbocycles. The largest absolute Gasteiger partial charge is 0.389 e. The van der Waals surface area contributed by atoms with Crippen LogP contribution in [0.4, 0.5) is 0 Å². The van der Waals surface area contributed by atoms with E-state index in [2.05, 4.69) is 15.0 Å². The summed E-state index contributed by atoms with van der Waals surface area (Å²) in [5.41, 5.74) is 3.58. The minimum absolute atomic E-state index is 0.539. The molecule has 0 saturated heterocycles. The molecule has 0 aromatic carbocycles. The van der Waals surface area contributed by atoms with Crippen LogP contribution in [0.5, 0.6) is 0 Å². The first-order valence-corrected chi connectivity index (χ1v) is 5.52. The summed E-state index contributed by atoms with van der Waals surface area (Å²) in [6.07, 6.45) is 4.66. The molecule has 0 unspecified atom stereocenters. The molecule has 0 aliphatic heterocycles. The molecule has 0 spiro atoms. The number of rotatable bonds is 2. The van der Waals surface area contributed by atoms with Gasteiger partial charge >= 0.3 is 0 Å². The summed E-state index contributed by atoms with van der Waals surface area (Å²) in [5.74, 6) is 0.673. The zero-order valence-electron chi connectivity index (χ0n) is 10.2. The van der Waals surface area contributed by atoms with E-state index in [9.17, 15) is 5.11 Å². The van der Waals surface area contributed by atoms with Crippen molar-refractivity contribution < 1.29 is 5.11 Å². The molecule has 88 valence electrons. The van der Waals surface area contributed by atoms with Gasteiger partial charge in [0, 0.05) is 35.4 Å². The number of aryl methyl sites for hydroxylation is 2. The van der Waals surface area contributed by atoms with Gasteiger partial charge in [0.15, 0.2) is 5.82 Å². The van der Waals surface area contributed by atoms with Crippen LogP contribution in [0.1, 0.15) is 29.8 Å². The molecule has 0 aliphatic rings. The lowest BCUT2D eigenvalue weighted by Gasteiger charge is -2.10. The van der Waals surface area contributed by atoms with Gasteiger partial charge in [0.25, 0.3) is 0 Å². The fourth-order valence-electron chi connectivity index (χ4n) is 1.74. The summed E-state index contributed by atoms with van der Waals surface area (Å²) in [5, 5.41) is 9.53. The molecule has 2 aromatic rings. The SMILES string of the molecule is Cc1cnccc1-c1ncc([C@@H](C)O)c(C)n1. The summed E-state index contributed by atoms with van der Waals surface area (Å²) in [6.45, 7) is 5.57. The molecule has 2 aromatic heterocycles. The Morgan fingerprint density at radius 3 is 2.59 bits per heavy atom. The van der Waals surface area contributed by atoms with E-state index in [-0.39, 0.29) is 0 Å². The number of aliphatic hydroxyl groups is 1. The molecule has 4 heteroatoms. The van der Waals surface area contributed by atoms with Crippen LogP contribution in [0.25, 0.3) is 11.4 Å². The topological polar surface area (TPSA) is 58.9 Å². The highest BCUT2D eigenvalue weighted by atomic mass is 16.3. The van der Waals surface area contributed by atoms with E-state index < -0.39 is 6.10 Å². The van der Waals surface area contributed by atoms with Crippen molar-refractivity contribution >= 4 is 0 Å². The van der Waals surface area contributed by atoms with Crippen molar-refractivity contribution in [1.82, 2.24) is 15.0 Å². The second-order valence-corrected chi connectivity index (χ2v) is 4.10. The summed E-state index contributed by atoms with van der Waals surface area (Å²) < 4.78 is 0. The number of aliphatic hydroxyl groups excluding tert-OH is 1. The van der Waals surface area contributed by atoms with E-state index >= 15 is 0 Å². The molecule has 2 rings (SSSR count). The average Bonchev–Trinajstić information content (AvgIpc) is 2.29. The van der Waals surface area contributed by atoms with Gasteiger partial charge in [0.1, 0.15) is 0 Å². The first kappa shape index (κ1) is 11.7. The number of pyridine rings is 1. The quantitative estimate of drug-likeness (QED) is 0.857. The predicted octanol–water partition coefficient (Wildman–Crippen LogP) is 2.21. The Labute approximate surface area is 100 Å². The maximum Gasteiger partial charge on any atom is 0.159 e. The molecule has 0 aliphatic carbocycles.